The van der Waals surface area contributed by atoms with Crippen molar-refractivity contribution < 1.29 is 4.79 Å². The molecule has 0 spiro atoms. The van der Waals surface area contributed by atoms with Gasteiger partial charge in [0.15, 0.2) is 0 Å². The average Bonchev–Trinajstić information content (AvgIpc) is 3.52. The largest absolute Gasteiger partial charge is 0.360 e. The number of amides is 1. The molecule has 0 atom stereocenters. The summed E-state index contributed by atoms with van der Waals surface area (Å²) in [5, 5.41) is 27.0. The highest BCUT2D eigenvalue weighted by atomic mass is 32.1. The molecule has 7 nitrogen and oxygen atoms in total. The van der Waals surface area contributed by atoms with Gasteiger partial charge in [0, 0.05) is 25.3 Å². The molecule has 0 aromatic carbocycles. The van der Waals surface area contributed by atoms with Gasteiger partial charge in [-0.05, 0) is 44.4 Å². The SMILES string of the molecule is O=C(Nc1nnc(CCCCc2nnc(NCC3CCCC3)s2)s1)C1CCCC1. The Balaban J connectivity index is 1.13. The molecule has 2 heterocycles. The first-order chi connectivity index (χ1) is 14.3. The van der Waals surface area contributed by atoms with Crippen LogP contribution in [-0.4, -0.2) is 32.8 Å². The fourth-order valence-corrected chi connectivity index (χ4v) is 5.80. The summed E-state index contributed by atoms with van der Waals surface area (Å²) in [5.41, 5.74) is 0. The Hall–Kier alpha value is -1.61. The van der Waals surface area contributed by atoms with Crippen LogP contribution in [0.1, 0.15) is 74.2 Å². The summed E-state index contributed by atoms with van der Waals surface area (Å²) in [6.07, 6.45) is 13.7. The molecule has 1 amide bonds. The second-order valence-electron chi connectivity index (χ2n) is 8.21. The molecule has 9 heteroatoms. The summed E-state index contributed by atoms with van der Waals surface area (Å²) in [4.78, 5) is 12.2. The highest BCUT2D eigenvalue weighted by molar-refractivity contribution is 7.15. The van der Waals surface area contributed by atoms with Gasteiger partial charge in [-0.3, -0.25) is 4.79 Å². The Morgan fingerprint density at radius 3 is 2.10 bits per heavy atom. The van der Waals surface area contributed by atoms with Crippen molar-refractivity contribution in [1.82, 2.24) is 20.4 Å². The lowest BCUT2D eigenvalue weighted by Crippen LogP contribution is -2.20. The number of anilines is 2. The number of carbonyl (C=O) groups excluding carboxylic acids is 1. The lowest BCUT2D eigenvalue weighted by atomic mass is 10.1. The van der Waals surface area contributed by atoms with Gasteiger partial charge in [-0.25, -0.2) is 0 Å². The van der Waals surface area contributed by atoms with Crippen molar-refractivity contribution in [1.29, 1.82) is 0 Å². The van der Waals surface area contributed by atoms with Crippen LogP contribution in [0.3, 0.4) is 0 Å². The number of aromatic nitrogens is 4. The van der Waals surface area contributed by atoms with Crippen LogP contribution in [0.15, 0.2) is 0 Å². The molecule has 0 radical (unpaired) electrons. The number of nitrogens with one attached hydrogen (secondary N) is 2. The highest BCUT2D eigenvalue weighted by Crippen LogP contribution is 2.27. The van der Waals surface area contributed by atoms with Crippen LogP contribution in [0.4, 0.5) is 10.3 Å². The first-order valence-electron chi connectivity index (χ1n) is 11.0. The van der Waals surface area contributed by atoms with Gasteiger partial charge < -0.3 is 10.6 Å². The summed E-state index contributed by atoms with van der Waals surface area (Å²) in [7, 11) is 0. The van der Waals surface area contributed by atoms with Gasteiger partial charge in [-0.2, -0.15) is 0 Å². The maximum absolute atomic E-state index is 12.2. The van der Waals surface area contributed by atoms with E-state index in [0.29, 0.717) is 5.13 Å². The first kappa shape index (κ1) is 20.7. The molecule has 0 saturated heterocycles. The number of hydrogen-bond acceptors (Lipinski definition) is 8. The second kappa shape index (κ2) is 10.4. The van der Waals surface area contributed by atoms with Crippen molar-refractivity contribution in [2.45, 2.75) is 77.0 Å². The minimum Gasteiger partial charge on any atom is -0.360 e. The van der Waals surface area contributed by atoms with Gasteiger partial charge in [0.25, 0.3) is 0 Å². The summed E-state index contributed by atoms with van der Waals surface area (Å²) in [5.74, 6) is 1.08. The molecule has 29 heavy (non-hydrogen) atoms. The molecule has 2 aromatic heterocycles. The number of carbonyl (C=O) groups is 1. The molecule has 2 saturated carbocycles. The van der Waals surface area contributed by atoms with E-state index in [4.69, 9.17) is 0 Å². The average molecular weight is 435 g/mol. The van der Waals surface area contributed by atoms with E-state index in [0.717, 1.165) is 79.0 Å². The molecule has 4 rings (SSSR count). The van der Waals surface area contributed by atoms with E-state index in [1.165, 1.54) is 37.0 Å². The fraction of sp³-hybridized carbons (Fsp3) is 0.750. The third kappa shape index (κ3) is 6.18. The minimum absolute atomic E-state index is 0.110. The van der Waals surface area contributed by atoms with Crippen LogP contribution >= 0.6 is 22.7 Å². The van der Waals surface area contributed by atoms with Crippen LogP contribution in [-0.2, 0) is 17.6 Å². The van der Waals surface area contributed by atoms with Crippen LogP contribution in [0, 0.1) is 11.8 Å². The third-order valence-electron chi connectivity index (χ3n) is 5.94. The minimum atomic E-state index is 0.110. The lowest BCUT2D eigenvalue weighted by molar-refractivity contribution is -0.119. The van der Waals surface area contributed by atoms with Crippen molar-refractivity contribution in [3.8, 4) is 0 Å². The fourth-order valence-electron chi connectivity index (χ4n) is 4.23. The van der Waals surface area contributed by atoms with E-state index in [-0.39, 0.29) is 11.8 Å². The van der Waals surface area contributed by atoms with Crippen molar-refractivity contribution >= 4 is 38.8 Å². The van der Waals surface area contributed by atoms with E-state index in [1.54, 1.807) is 11.3 Å². The van der Waals surface area contributed by atoms with Crippen LogP contribution in [0.2, 0.25) is 0 Å². The number of aryl methyl sites for hydroxylation is 2. The van der Waals surface area contributed by atoms with Crippen LogP contribution in [0.5, 0.6) is 0 Å². The summed E-state index contributed by atoms with van der Waals surface area (Å²) in [6.45, 7) is 1.03. The zero-order valence-electron chi connectivity index (χ0n) is 16.9. The predicted octanol–water partition coefficient (Wildman–Crippen LogP) is 4.69. The van der Waals surface area contributed by atoms with Gasteiger partial charge in [0.1, 0.15) is 10.0 Å². The quantitative estimate of drug-likeness (QED) is 0.527. The van der Waals surface area contributed by atoms with Gasteiger partial charge in [0.05, 0.1) is 0 Å². The lowest BCUT2D eigenvalue weighted by Gasteiger charge is -2.08. The van der Waals surface area contributed by atoms with E-state index in [9.17, 15) is 4.79 Å². The number of nitrogens with zero attached hydrogens (tertiary/aromatic N) is 4. The van der Waals surface area contributed by atoms with Gasteiger partial charge >= 0.3 is 0 Å². The molecule has 2 aliphatic rings. The van der Waals surface area contributed by atoms with E-state index in [2.05, 4.69) is 31.0 Å². The number of rotatable bonds is 10. The van der Waals surface area contributed by atoms with Crippen LogP contribution < -0.4 is 10.6 Å². The Morgan fingerprint density at radius 1 is 0.828 bits per heavy atom. The Labute approximate surface area is 180 Å². The standard InChI is InChI=1S/C20H30N6OS2/c27-18(15-9-3-4-10-15)22-20-26-24-17(29-20)12-6-5-11-16-23-25-19(28-16)21-13-14-7-1-2-8-14/h14-15H,1-13H2,(H,21,25)(H,22,26,27). The summed E-state index contributed by atoms with van der Waals surface area (Å²) in [6, 6.07) is 0. The predicted molar refractivity (Wildman–Crippen MR) is 117 cm³/mol. The first-order valence-corrected chi connectivity index (χ1v) is 12.6. The van der Waals surface area contributed by atoms with Crippen molar-refractivity contribution in [3.63, 3.8) is 0 Å². The molecular formula is C20H30N6OS2. The normalized spacial score (nSPS) is 17.8. The highest BCUT2D eigenvalue weighted by Gasteiger charge is 2.23. The van der Waals surface area contributed by atoms with Gasteiger partial charge in [-0.1, -0.05) is 48.4 Å². The molecular weight excluding hydrogens is 404 g/mol. The number of unbranched alkanes of at least 4 members (excludes halogenated alkanes) is 1. The maximum Gasteiger partial charge on any atom is 0.229 e. The number of hydrogen-bond donors (Lipinski definition) is 2. The Morgan fingerprint density at radius 2 is 1.41 bits per heavy atom. The third-order valence-corrected chi connectivity index (χ3v) is 7.78. The van der Waals surface area contributed by atoms with E-state index >= 15 is 0 Å². The molecule has 0 aliphatic heterocycles. The maximum atomic E-state index is 12.2. The molecule has 2 N–H and O–H groups in total. The molecule has 0 unspecified atom stereocenters. The van der Waals surface area contributed by atoms with E-state index in [1.807, 2.05) is 0 Å². The van der Waals surface area contributed by atoms with E-state index < -0.39 is 0 Å². The molecule has 2 aromatic rings. The van der Waals surface area contributed by atoms with Crippen LogP contribution in [0.25, 0.3) is 0 Å². The molecule has 2 aliphatic carbocycles. The molecule has 0 bridgehead atoms. The summed E-state index contributed by atoms with van der Waals surface area (Å²) < 4.78 is 0. The summed E-state index contributed by atoms with van der Waals surface area (Å²) >= 11 is 3.18. The zero-order chi connectivity index (χ0) is 19.9. The Bertz CT molecular complexity index is 780. The Kier molecular flexibility index (Phi) is 7.43. The van der Waals surface area contributed by atoms with Crippen molar-refractivity contribution in [3.05, 3.63) is 10.0 Å². The monoisotopic (exact) mass is 434 g/mol. The topological polar surface area (TPSA) is 92.7 Å². The van der Waals surface area contributed by atoms with Gasteiger partial charge in [-0.15, -0.1) is 20.4 Å². The van der Waals surface area contributed by atoms with Crippen molar-refractivity contribution in [2.24, 2.45) is 11.8 Å². The second-order valence-corrected chi connectivity index (χ2v) is 10.3. The van der Waals surface area contributed by atoms with Crippen molar-refractivity contribution in [2.75, 3.05) is 17.2 Å². The molecule has 158 valence electrons. The zero-order valence-corrected chi connectivity index (χ0v) is 18.5. The molecule has 2 fully saturated rings. The smallest absolute Gasteiger partial charge is 0.229 e. The van der Waals surface area contributed by atoms with Gasteiger partial charge in [0.2, 0.25) is 16.2 Å².